The monoisotopic (exact) mass is 561 g/mol. The molecule has 1 fully saturated rings. The summed E-state index contributed by atoms with van der Waals surface area (Å²) in [7, 11) is -4.17. The number of amides is 1. The van der Waals surface area contributed by atoms with Crippen LogP contribution in [0.25, 0.3) is 0 Å². The van der Waals surface area contributed by atoms with E-state index in [4.69, 9.17) is 8.92 Å². The van der Waals surface area contributed by atoms with Crippen molar-refractivity contribution in [1.29, 1.82) is 0 Å². The molecule has 0 aromatic heterocycles. The molecule has 1 aliphatic rings. The molecule has 1 amide bonds. The minimum Gasteiger partial charge on any atom is -0.480 e. The van der Waals surface area contributed by atoms with Gasteiger partial charge in [-0.05, 0) is 50.5 Å². The normalized spacial score (nSPS) is 20.1. The maximum atomic E-state index is 13.5. The van der Waals surface area contributed by atoms with Crippen molar-refractivity contribution in [3.8, 4) is 0 Å². The molecular formula is C23H32BrNO8S. The molecule has 0 unspecified atom stereocenters. The molecule has 3 atom stereocenters. The third-order valence-electron chi connectivity index (χ3n) is 5.33. The van der Waals surface area contributed by atoms with E-state index < -0.39 is 57.0 Å². The molecule has 1 N–H and O–H groups in total. The van der Waals surface area contributed by atoms with Crippen LogP contribution in [0.5, 0.6) is 0 Å². The molecule has 9 nitrogen and oxygen atoms in total. The van der Waals surface area contributed by atoms with Crippen molar-refractivity contribution in [3.05, 3.63) is 28.7 Å². The number of carboxylic acid groups (broad SMARTS) is 1. The SMILES string of the molecule is CC(C)(C)OC(=O)C[C@H](C(=O)N1C[C@H](OS(=O)(=O)c2ccc(Br)cc2)C[C@H]1C(=O)O)C(C)(C)C. The predicted molar refractivity (Wildman–Crippen MR) is 127 cm³/mol. The molecular weight excluding hydrogens is 530 g/mol. The Balaban J connectivity index is 2.25. The van der Waals surface area contributed by atoms with Crippen LogP contribution >= 0.6 is 15.9 Å². The van der Waals surface area contributed by atoms with E-state index in [1.165, 1.54) is 12.1 Å². The number of rotatable bonds is 7. The number of carboxylic acids is 1. The molecule has 1 saturated heterocycles. The minimum atomic E-state index is -4.17. The van der Waals surface area contributed by atoms with Gasteiger partial charge in [-0.15, -0.1) is 0 Å². The first-order valence-electron chi connectivity index (χ1n) is 10.8. The molecule has 0 bridgehead atoms. The number of likely N-dealkylation sites (tertiary alicyclic amines) is 1. The number of hydrogen-bond acceptors (Lipinski definition) is 7. The van der Waals surface area contributed by atoms with Gasteiger partial charge in [-0.2, -0.15) is 8.42 Å². The number of halogens is 1. The van der Waals surface area contributed by atoms with Crippen LogP contribution in [0.15, 0.2) is 33.6 Å². The summed E-state index contributed by atoms with van der Waals surface area (Å²) < 4.78 is 36.7. The topological polar surface area (TPSA) is 127 Å². The van der Waals surface area contributed by atoms with Crippen LogP contribution in [0, 0.1) is 11.3 Å². The van der Waals surface area contributed by atoms with E-state index in [0.717, 1.165) is 4.90 Å². The van der Waals surface area contributed by atoms with Crippen LogP contribution in [0.1, 0.15) is 54.4 Å². The first kappa shape index (κ1) is 28.3. The average molecular weight is 562 g/mol. The van der Waals surface area contributed by atoms with Crippen molar-refractivity contribution in [2.45, 2.75) is 77.0 Å². The van der Waals surface area contributed by atoms with Gasteiger partial charge in [-0.3, -0.25) is 13.8 Å². The Morgan fingerprint density at radius 2 is 1.68 bits per heavy atom. The summed E-state index contributed by atoms with van der Waals surface area (Å²) in [5.74, 6) is -3.27. The van der Waals surface area contributed by atoms with Crippen molar-refractivity contribution in [3.63, 3.8) is 0 Å². The lowest BCUT2D eigenvalue weighted by Crippen LogP contribution is -2.47. The zero-order chi connectivity index (χ0) is 26.1. The van der Waals surface area contributed by atoms with Gasteiger partial charge in [0.05, 0.1) is 23.3 Å². The van der Waals surface area contributed by atoms with E-state index in [1.807, 2.05) is 0 Å². The fraction of sp³-hybridized carbons (Fsp3) is 0.609. The molecule has 190 valence electrons. The Morgan fingerprint density at radius 3 is 2.15 bits per heavy atom. The predicted octanol–water partition coefficient (Wildman–Crippen LogP) is 3.60. The Bertz CT molecular complexity index is 1020. The van der Waals surface area contributed by atoms with Gasteiger partial charge < -0.3 is 14.7 Å². The molecule has 2 rings (SSSR count). The highest BCUT2D eigenvalue weighted by molar-refractivity contribution is 9.10. The quantitative estimate of drug-likeness (QED) is 0.395. The van der Waals surface area contributed by atoms with Crippen molar-refractivity contribution in [1.82, 2.24) is 4.90 Å². The second-order valence-electron chi connectivity index (χ2n) is 10.4. The number of ether oxygens (including phenoxy) is 1. The molecule has 1 aromatic carbocycles. The van der Waals surface area contributed by atoms with E-state index in [-0.39, 0.29) is 24.3 Å². The molecule has 0 radical (unpaired) electrons. The highest BCUT2D eigenvalue weighted by Crippen LogP contribution is 2.35. The molecule has 0 aliphatic carbocycles. The van der Waals surface area contributed by atoms with Crippen LogP contribution in [0.3, 0.4) is 0 Å². The maximum absolute atomic E-state index is 13.5. The van der Waals surface area contributed by atoms with E-state index in [0.29, 0.717) is 4.47 Å². The summed E-state index contributed by atoms with van der Waals surface area (Å²) in [6, 6.07) is 4.54. The first-order chi connectivity index (χ1) is 15.4. The number of nitrogens with zero attached hydrogens (tertiary/aromatic N) is 1. The van der Waals surface area contributed by atoms with Crippen LogP contribution in [-0.4, -0.2) is 60.6 Å². The van der Waals surface area contributed by atoms with Gasteiger partial charge in [0.15, 0.2) is 0 Å². The van der Waals surface area contributed by atoms with Gasteiger partial charge >= 0.3 is 11.9 Å². The fourth-order valence-electron chi connectivity index (χ4n) is 3.69. The van der Waals surface area contributed by atoms with Gasteiger partial charge in [0.1, 0.15) is 11.6 Å². The Morgan fingerprint density at radius 1 is 1.12 bits per heavy atom. The van der Waals surface area contributed by atoms with Crippen LogP contribution in [0.2, 0.25) is 0 Å². The van der Waals surface area contributed by atoms with Gasteiger partial charge in [-0.1, -0.05) is 36.7 Å². The second-order valence-corrected chi connectivity index (χ2v) is 12.9. The lowest BCUT2D eigenvalue weighted by molar-refractivity contribution is -0.161. The summed E-state index contributed by atoms with van der Waals surface area (Å²) in [5.41, 5.74) is -1.42. The highest BCUT2D eigenvalue weighted by atomic mass is 79.9. The summed E-state index contributed by atoms with van der Waals surface area (Å²) in [5, 5.41) is 9.72. The maximum Gasteiger partial charge on any atom is 0.326 e. The summed E-state index contributed by atoms with van der Waals surface area (Å²) >= 11 is 3.23. The summed E-state index contributed by atoms with van der Waals surface area (Å²) in [6.07, 6.45) is -1.47. The number of benzene rings is 1. The molecule has 0 spiro atoms. The van der Waals surface area contributed by atoms with Crippen molar-refractivity contribution in [2.75, 3.05) is 6.54 Å². The van der Waals surface area contributed by atoms with Gasteiger partial charge in [0.25, 0.3) is 10.1 Å². The standard InChI is InChI=1S/C23H32BrNO8S/c1-22(2,3)17(12-19(26)32-23(4,5)6)20(27)25-13-15(11-18(25)21(28)29)33-34(30,31)16-9-7-14(24)8-10-16/h7-10,15,17-18H,11-13H2,1-6H3,(H,28,29)/t15-,17-,18+/m1/s1. The lowest BCUT2D eigenvalue weighted by Gasteiger charge is -2.34. The number of carbonyl (C=O) groups is 3. The Labute approximate surface area is 209 Å². The Kier molecular flexibility index (Phi) is 8.59. The molecule has 1 aliphatic heterocycles. The highest BCUT2D eigenvalue weighted by Gasteiger charge is 2.46. The van der Waals surface area contributed by atoms with E-state index in [1.54, 1.807) is 53.7 Å². The van der Waals surface area contributed by atoms with Crippen molar-refractivity contribution < 1.29 is 36.8 Å². The summed E-state index contributed by atoms with van der Waals surface area (Å²) in [4.78, 5) is 38.9. The van der Waals surface area contributed by atoms with Gasteiger partial charge in [0.2, 0.25) is 5.91 Å². The van der Waals surface area contributed by atoms with E-state index >= 15 is 0 Å². The molecule has 0 saturated carbocycles. The smallest absolute Gasteiger partial charge is 0.326 e. The number of hydrogen-bond donors (Lipinski definition) is 1. The Hall–Kier alpha value is -1.98. The average Bonchev–Trinajstić information content (AvgIpc) is 3.07. The fourth-order valence-corrected chi connectivity index (χ4v) is 5.04. The van der Waals surface area contributed by atoms with Crippen LogP contribution < -0.4 is 0 Å². The molecule has 1 heterocycles. The summed E-state index contributed by atoms with van der Waals surface area (Å²) in [6.45, 7) is 10.2. The number of carbonyl (C=O) groups excluding carboxylic acids is 2. The lowest BCUT2D eigenvalue weighted by atomic mass is 9.77. The third-order valence-corrected chi connectivity index (χ3v) is 7.23. The molecule has 11 heteroatoms. The largest absolute Gasteiger partial charge is 0.480 e. The zero-order valence-electron chi connectivity index (χ0n) is 20.2. The van der Waals surface area contributed by atoms with Crippen LogP contribution in [0.4, 0.5) is 0 Å². The molecule has 34 heavy (non-hydrogen) atoms. The van der Waals surface area contributed by atoms with Crippen molar-refractivity contribution in [2.24, 2.45) is 11.3 Å². The van der Waals surface area contributed by atoms with Crippen molar-refractivity contribution >= 4 is 43.9 Å². The first-order valence-corrected chi connectivity index (χ1v) is 13.0. The third kappa shape index (κ3) is 7.51. The van der Waals surface area contributed by atoms with Gasteiger partial charge in [-0.25, -0.2) is 4.79 Å². The number of aliphatic carboxylic acids is 1. The van der Waals surface area contributed by atoms with E-state index in [2.05, 4.69) is 15.9 Å². The minimum absolute atomic E-state index is 0.0788. The number of esters is 1. The van der Waals surface area contributed by atoms with Crippen LogP contribution in [-0.2, 0) is 33.4 Å². The van der Waals surface area contributed by atoms with Gasteiger partial charge in [0, 0.05) is 17.4 Å². The van der Waals surface area contributed by atoms with E-state index in [9.17, 15) is 27.9 Å². The zero-order valence-corrected chi connectivity index (χ0v) is 22.6. The second kappa shape index (κ2) is 10.3. The molecule has 1 aromatic rings.